The number of nitrogens with zero attached hydrogens (tertiary/aromatic N) is 1. The maximum Gasteiger partial charge on any atom is 0.416 e. The molecule has 1 aliphatic carbocycles. The molecule has 1 saturated carbocycles. The van der Waals surface area contributed by atoms with Crippen LogP contribution in [0.1, 0.15) is 45.6 Å². The van der Waals surface area contributed by atoms with Crippen molar-refractivity contribution in [3.63, 3.8) is 0 Å². The van der Waals surface area contributed by atoms with Gasteiger partial charge in [0.2, 0.25) is 0 Å². The minimum Gasteiger partial charge on any atom is -0.345 e. The van der Waals surface area contributed by atoms with Crippen LogP contribution >= 0.6 is 12.2 Å². The van der Waals surface area contributed by atoms with Crippen molar-refractivity contribution in [2.75, 3.05) is 11.9 Å². The molecular formula is C18H23F3N2S. The fraction of sp³-hybridized carbons (Fsp3) is 0.611. The molecule has 2 aliphatic rings. The minimum absolute atomic E-state index is 0.228. The van der Waals surface area contributed by atoms with Gasteiger partial charge in [-0.05, 0) is 60.5 Å². The van der Waals surface area contributed by atoms with Gasteiger partial charge in [-0.3, -0.25) is 0 Å². The molecule has 1 aromatic rings. The van der Waals surface area contributed by atoms with E-state index in [2.05, 4.69) is 31.0 Å². The maximum atomic E-state index is 12.8. The van der Waals surface area contributed by atoms with Crippen LogP contribution < -0.4 is 5.32 Å². The average molecular weight is 356 g/mol. The fourth-order valence-electron chi connectivity index (χ4n) is 4.67. The molecular weight excluding hydrogens is 333 g/mol. The van der Waals surface area contributed by atoms with Crippen molar-refractivity contribution in [2.45, 2.75) is 52.3 Å². The molecule has 0 radical (unpaired) electrons. The SMILES string of the molecule is CC1(C)C[C@H]2C[C@](C)(CN2C(=S)Nc2cccc(C(F)(F)F)c2)C1. The first-order valence-electron chi connectivity index (χ1n) is 8.22. The fourth-order valence-corrected chi connectivity index (χ4v) is 5.00. The highest BCUT2D eigenvalue weighted by Gasteiger charge is 2.50. The number of nitrogens with one attached hydrogen (secondary N) is 1. The molecule has 0 unspecified atom stereocenters. The molecule has 2 fully saturated rings. The van der Waals surface area contributed by atoms with Crippen molar-refractivity contribution >= 4 is 23.0 Å². The Bertz CT molecular complexity index is 656. The summed E-state index contributed by atoms with van der Waals surface area (Å²) in [5, 5.41) is 3.54. The lowest BCUT2D eigenvalue weighted by atomic mass is 9.65. The second kappa shape index (κ2) is 5.61. The van der Waals surface area contributed by atoms with Crippen molar-refractivity contribution in [3.8, 4) is 0 Å². The van der Waals surface area contributed by atoms with Crippen molar-refractivity contribution in [2.24, 2.45) is 10.8 Å². The van der Waals surface area contributed by atoms with Crippen LogP contribution in [0.5, 0.6) is 0 Å². The van der Waals surface area contributed by atoms with Crippen LogP contribution in [0.4, 0.5) is 18.9 Å². The lowest BCUT2D eigenvalue weighted by Gasteiger charge is -2.39. The number of hydrogen-bond donors (Lipinski definition) is 1. The first-order valence-corrected chi connectivity index (χ1v) is 8.63. The molecule has 1 aliphatic heterocycles. The summed E-state index contributed by atoms with van der Waals surface area (Å²) in [6, 6.07) is 5.57. The largest absolute Gasteiger partial charge is 0.416 e. The first kappa shape index (κ1) is 17.5. The first-order chi connectivity index (χ1) is 11.0. The van der Waals surface area contributed by atoms with E-state index in [-0.39, 0.29) is 10.8 Å². The second-order valence-corrected chi connectivity index (χ2v) is 8.74. The van der Waals surface area contributed by atoms with Gasteiger partial charge in [-0.15, -0.1) is 0 Å². The third kappa shape index (κ3) is 3.53. The Morgan fingerprint density at radius 2 is 1.96 bits per heavy atom. The molecule has 132 valence electrons. The minimum atomic E-state index is -4.35. The number of alkyl halides is 3. The molecule has 0 amide bonds. The average Bonchev–Trinajstić information content (AvgIpc) is 2.67. The summed E-state index contributed by atoms with van der Waals surface area (Å²) in [4.78, 5) is 2.17. The highest BCUT2D eigenvalue weighted by molar-refractivity contribution is 7.80. The summed E-state index contributed by atoms with van der Waals surface area (Å²) >= 11 is 5.51. The Balaban J connectivity index is 1.75. The van der Waals surface area contributed by atoms with Crippen LogP contribution in [0, 0.1) is 10.8 Å². The van der Waals surface area contributed by atoms with E-state index in [4.69, 9.17) is 12.2 Å². The van der Waals surface area contributed by atoms with Crippen molar-refractivity contribution in [1.82, 2.24) is 4.90 Å². The standard InChI is InChI=1S/C18H23F3N2S/c1-16(2)8-14-9-17(3,10-16)11-23(14)15(24)22-13-6-4-5-12(7-13)18(19,20)21/h4-7,14H,8-11H2,1-3H3,(H,22,24)/t14-,17-/m0/s1. The smallest absolute Gasteiger partial charge is 0.345 e. The van der Waals surface area contributed by atoms with Gasteiger partial charge >= 0.3 is 6.18 Å². The van der Waals surface area contributed by atoms with Gasteiger partial charge in [-0.2, -0.15) is 13.2 Å². The summed E-state index contributed by atoms with van der Waals surface area (Å²) in [6.07, 6.45) is -1.03. The molecule has 3 rings (SSSR count). The van der Waals surface area contributed by atoms with E-state index in [1.807, 2.05) is 0 Å². The Labute approximate surface area is 146 Å². The van der Waals surface area contributed by atoms with Crippen LogP contribution in [0.25, 0.3) is 0 Å². The predicted octanol–water partition coefficient (Wildman–Crippen LogP) is 5.30. The van der Waals surface area contributed by atoms with E-state index < -0.39 is 11.7 Å². The van der Waals surface area contributed by atoms with Gasteiger partial charge in [0, 0.05) is 18.3 Å². The molecule has 1 saturated heterocycles. The van der Waals surface area contributed by atoms with E-state index >= 15 is 0 Å². The number of fused-ring (bicyclic) bond motifs is 2. The van der Waals surface area contributed by atoms with Crippen molar-refractivity contribution < 1.29 is 13.2 Å². The van der Waals surface area contributed by atoms with E-state index in [1.54, 1.807) is 6.07 Å². The number of benzene rings is 1. The van der Waals surface area contributed by atoms with E-state index in [1.165, 1.54) is 6.07 Å². The predicted molar refractivity (Wildman–Crippen MR) is 93.9 cm³/mol. The molecule has 1 aromatic carbocycles. The highest BCUT2D eigenvalue weighted by Crippen LogP contribution is 2.52. The summed E-state index contributed by atoms with van der Waals surface area (Å²) < 4.78 is 38.5. The van der Waals surface area contributed by atoms with Gasteiger partial charge in [-0.1, -0.05) is 26.8 Å². The second-order valence-electron chi connectivity index (χ2n) is 8.35. The molecule has 2 nitrogen and oxygen atoms in total. The van der Waals surface area contributed by atoms with Gasteiger partial charge in [0.15, 0.2) is 5.11 Å². The molecule has 6 heteroatoms. The number of anilines is 1. The monoisotopic (exact) mass is 356 g/mol. The zero-order chi connectivity index (χ0) is 17.8. The number of hydrogen-bond acceptors (Lipinski definition) is 1. The van der Waals surface area contributed by atoms with Crippen molar-refractivity contribution in [1.29, 1.82) is 0 Å². The van der Waals surface area contributed by atoms with Crippen LogP contribution in [-0.2, 0) is 6.18 Å². The maximum absolute atomic E-state index is 12.8. The van der Waals surface area contributed by atoms with Crippen molar-refractivity contribution in [3.05, 3.63) is 29.8 Å². The van der Waals surface area contributed by atoms with E-state index in [0.29, 0.717) is 16.8 Å². The zero-order valence-corrected chi connectivity index (χ0v) is 15.0. The lowest BCUT2D eigenvalue weighted by molar-refractivity contribution is -0.137. The number of halogens is 3. The summed E-state index contributed by atoms with van der Waals surface area (Å²) in [5.74, 6) is 0. The number of rotatable bonds is 1. The third-order valence-corrected chi connectivity index (χ3v) is 5.45. The Kier molecular flexibility index (Phi) is 4.10. The van der Waals surface area contributed by atoms with E-state index in [0.717, 1.165) is 37.9 Å². The van der Waals surface area contributed by atoms with Crippen LogP contribution in [0.15, 0.2) is 24.3 Å². The van der Waals surface area contributed by atoms with E-state index in [9.17, 15) is 13.2 Å². The molecule has 2 bridgehead atoms. The normalized spacial score (nSPS) is 28.8. The Hall–Kier alpha value is -1.30. The van der Waals surface area contributed by atoms with Gasteiger partial charge in [-0.25, -0.2) is 0 Å². The summed E-state index contributed by atoms with van der Waals surface area (Å²) in [5.41, 5.74) is 0.230. The highest BCUT2D eigenvalue weighted by atomic mass is 32.1. The lowest BCUT2D eigenvalue weighted by Crippen LogP contribution is -2.40. The van der Waals surface area contributed by atoms with Crippen LogP contribution in [-0.4, -0.2) is 22.6 Å². The van der Waals surface area contributed by atoms with Gasteiger partial charge in [0.1, 0.15) is 0 Å². The number of thiocarbonyl (C=S) groups is 1. The third-order valence-electron chi connectivity index (χ3n) is 5.12. The molecule has 0 spiro atoms. The van der Waals surface area contributed by atoms with Gasteiger partial charge in [0.05, 0.1) is 5.56 Å². The summed E-state index contributed by atoms with van der Waals surface area (Å²) in [7, 11) is 0. The van der Waals surface area contributed by atoms with Crippen LogP contribution in [0.2, 0.25) is 0 Å². The van der Waals surface area contributed by atoms with Gasteiger partial charge in [0.25, 0.3) is 0 Å². The Morgan fingerprint density at radius 1 is 1.25 bits per heavy atom. The van der Waals surface area contributed by atoms with Gasteiger partial charge < -0.3 is 10.2 Å². The number of likely N-dealkylation sites (tertiary alicyclic amines) is 1. The zero-order valence-electron chi connectivity index (χ0n) is 14.2. The van der Waals surface area contributed by atoms with Crippen LogP contribution in [0.3, 0.4) is 0 Å². The summed E-state index contributed by atoms with van der Waals surface area (Å²) in [6.45, 7) is 7.72. The molecule has 1 N–H and O–H groups in total. The molecule has 0 aromatic heterocycles. The molecule has 24 heavy (non-hydrogen) atoms. The Morgan fingerprint density at radius 3 is 2.62 bits per heavy atom. The quantitative estimate of drug-likeness (QED) is 0.687. The topological polar surface area (TPSA) is 15.3 Å². The molecule has 1 heterocycles. The molecule has 2 atom stereocenters.